The molecule has 3 nitrogen and oxygen atoms in total. The maximum Gasteiger partial charge on any atom is 0.122 e. The van der Waals surface area contributed by atoms with Crippen LogP contribution in [0, 0.1) is 5.92 Å². The zero-order chi connectivity index (χ0) is 34.3. The zero-order valence-corrected chi connectivity index (χ0v) is 29.0. The number of fused-ring (bicyclic) bond motifs is 5. The van der Waals surface area contributed by atoms with Crippen molar-refractivity contribution in [3.05, 3.63) is 185 Å². The molecular formula is C48H41N3. The summed E-state index contributed by atoms with van der Waals surface area (Å²) < 4.78 is 0. The first-order valence-electron chi connectivity index (χ1n) is 18.2. The Hall–Kier alpha value is -5.64. The Morgan fingerprint density at radius 1 is 0.784 bits per heavy atom. The smallest absolute Gasteiger partial charge is 0.122 e. The number of hydrogen-bond donors (Lipinski definition) is 1. The van der Waals surface area contributed by atoms with E-state index in [-0.39, 0.29) is 18.1 Å². The zero-order valence-electron chi connectivity index (χ0n) is 29.0. The van der Waals surface area contributed by atoms with Crippen molar-refractivity contribution in [1.29, 1.82) is 0 Å². The predicted molar refractivity (Wildman–Crippen MR) is 216 cm³/mol. The van der Waals surface area contributed by atoms with E-state index in [1.807, 2.05) is 12.3 Å². The van der Waals surface area contributed by atoms with Gasteiger partial charge in [0.25, 0.3) is 0 Å². The molecule has 3 aliphatic carbocycles. The number of benzene rings is 4. The molecule has 0 bridgehead atoms. The number of pyridine rings is 1. The highest BCUT2D eigenvalue weighted by atomic mass is 15.1. The van der Waals surface area contributed by atoms with Gasteiger partial charge in [-0.3, -0.25) is 15.3 Å². The lowest BCUT2D eigenvalue weighted by atomic mass is 9.70. The maximum atomic E-state index is 5.62. The van der Waals surface area contributed by atoms with E-state index < -0.39 is 0 Å². The van der Waals surface area contributed by atoms with Crippen LogP contribution in [0.1, 0.15) is 71.7 Å². The summed E-state index contributed by atoms with van der Waals surface area (Å²) in [6, 6.07) is 30.7. The predicted octanol–water partition coefficient (Wildman–Crippen LogP) is 11.6. The van der Waals surface area contributed by atoms with Crippen molar-refractivity contribution in [1.82, 2.24) is 10.3 Å². The van der Waals surface area contributed by atoms with Crippen LogP contribution in [0.15, 0.2) is 156 Å². The summed E-state index contributed by atoms with van der Waals surface area (Å²) >= 11 is 0. The maximum absolute atomic E-state index is 5.62. The summed E-state index contributed by atoms with van der Waals surface area (Å²) in [7, 11) is 0. The summed E-state index contributed by atoms with van der Waals surface area (Å²) in [6.45, 7) is 6.44. The van der Waals surface area contributed by atoms with Gasteiger partial charge in [-0.2, -0.15) is 0 Å². The van der Waals surface area contributed by atoms with Gasteiger partial charge in [0.15, 0.2) is 0 Å². The van der Waals surface area contributed by atoms with E-state index in [1.54, 1.807) is 0 Å². The SMILES string of the molecule is C=Cc1c(C2CC(C3=Cc4ccccc4[C@@H]4C=CC=CC34)=NC(C3=CC=C(c4nccc5ccccc45)CC3)N2)cc2ccccc2c1/C=C\C. The fraction of sp³-hybridized carbons (Fsp3) is 0.167. The number of aromatic nitrogens is 1. The molecule has 1 aliphatic heterocycles. The topological polar surface area (TPSA) is 37.3 Å². The van der Waals surface area contributed by atoms with Crippen molar-refractivity contribution >= 4 is 51.1 Å². The molecule has 0 fully saturated rings. The van der Waals surface area contributed by atoms with Crippen LogP contribution < -0.4 is 5.32 Å². The fourth-order valence-electron chi connectivity index (χ4n) is 8.69. The van der Waals surface area contributed by atoms with E-state index in [9.17, 15) is 0 Å². The van der Waals surface area contributed by atoms with Crippen LogP contribution >= 0.6 is 0 Å². The Morgan fingerprint density at radius 3 is 2.39 bits per heavy atom. The molecule has 248 valence electrons. The average Bonchev–Trinajstić information content (AvgIpc) is 3.20. The molecular weight excluding hydrogens is 619 g/mol. The second-order valence-electron chi connectivity index (χ2n) is 14.0. The van der Waals surface area contributed by atoms with E-state index >= 15 is 0 Å². The summed E-state index contributed by atoms with van der Waals surface area (Å²) in [5.41, 5.74) is 12.6. The molecule has 2 heterocycles. The summed E-state index contributed by atoms with van der Waals surface area (Å²) in [5, 5.41) is 8.98. The normalized spacial score (nSPS) is 22.6. The van der Waals surface area contributed by atoms with Crippen LogP contribution in [0.5, 0.6) is 0 Å². The van der Waals surface area contributed by atoms with Gasteiger partial charge in [-0.05, 0) is 98.7 Å². The monoisotopic (exact) mass is 659 g/mol. The summed E-state index contributed by atoms with van der Waals surface area (Å²) in [4.78, 5) is 10.5. The number of rotatable bonds is 6. The molecule has 4 atom stereocenters. The highest BCUT2D eigenvalue weighted by molar-refractivity contribution is 6.07. The van der Waals surface area contributed by atoms with Crippen molar-refractivity contribution in [2.45, 2.75) is 44.3 Å². The minimum Gasteiger partial charge on any atom is -0.285 e. The van der Waals surface area contributed by atoms with Gasteiger partial charge < -0.3 is 0 Å². The van der Waals surface area contributed by atoms with E-state index in [0.717, 1.165) is 25.0 Å². The number of aliphatic imine (C=N–C) groups is 1. The van der Waals surface area contributed by atoms with Crippen LogP contribution in [-0.4, -0.2) is 16.9 Å². The van der Waals surface area contributed by atoms with Crippen molar-refractivity contribution in [2.75, 3.05) is 0 Å². The molecule has 0 amide bonds. The van der Waals surface area contributed by atoms with Crippen LogP contribution in [0.2, 0.25) is 0 Å². The van der Waals surface area contributed by atoms with Crippen molar-refractivity contribution in [3.63, 3.8) is 0 Å². The summed E-state index contributed by atoms with van der Waals surface area (Å²) in [5.74, 6) is 0.556. The van der Waals surface area contributed by atoms with Crippen LogP contribution in [-0.2, 0) is 0 Å². The molecule has 1 aromatic heterocycles. The first-order valence-corrected chi connectivity index (χ1v) is 18.2. The van der Waals surface area contributed by atoms with Gasteiger partial charge in [0.2, 0.25) is 0 Å². The van der Waals surface area contributed by atoms with Crippen molar-refractivity contribution in [2.24, 2.45) is 10.9 Å². The van der Waals surface area contributed by atoms with Crippen molar-refractivity contribution in [3.8, 4) is 0 Å². The molecule has 3 heteroatoms. The first kappa shape index (κ1) is 31.3. The van der Waals surface area contributed by atoms with Crippen LogP contribution in [0.25, 0.3) is 45.3 Å². The van der Waals surface area contributed by atoms with Gasteiger partial charge in [0, 0.05) is 41.6 Å². The third-order valence-electron chi connectivity index (χ3n) is 11.1. The second-order valence-corrected chi connectivity index (χ2v) is 14.0. The number of allylic oxidation sites excluding steroid dienone is 9. The lowest BCUT2D eigenvalue weighted by Gasteiger charge is -2.38. The average molecular weight is 660 g/mol. The molecule has 3 unspecified atom stereocenters. The molecule has 9 rings (SSSR count). The van der Waals surface area contributed by atoms with Crippen LogP contribution in [0.3, 0.4) is 0 Å². The fourth-order valence-corrected chi connectivity index (χ4v) is 8.69. The third kappa shape index (κ3) is 5.59. The quantitative estimate of drug-likeness (QED) is 0.197. The van der Waals surface area contributed by atoms with Crippen molar-refractivity contribution < 1.29 is 0 Å². The number of nitrogens with zero attached hydrogens (tertiary/aromatic N) is 2. The third-order valence-corrected chi connectivity index (χ3v) is 11.1. The molecule has 0 saturated heterocycles. The molecule has 1 N–H and O–H groups in total. The molecule has 4 aliphatic rings. The van der Waals surface area contributed by atoms with Crippen LogP contribution in [0.4, 0.5) is 0 Å². The Labute approximate surface area is 300 Å². The van der Waals surface area contributed by atoms with Gasteiger partial charge in [0.05, 0.1) is 5.69 Å². The minimum absolute atomic E-state index is 0.0507. The molecule has 0 spiro atoms. The number of nitrogens with one attached hydrogen (secondary N) is 1. The Kier molecular flexibility index (Phi) is 8.14. The van der Waals surface area contributed by atoms with Gasteiger partial charge in [0.1, 0.15) is 6.17 Å². The Morgan fingerprint density at radius 2 is 1.57 bits per heavy atom. The molecule has 0 radical (unpaired) electrons. The Balaban J connectivity index is 1.18. The molecule has 0 saturated carbocycles. The van der Waals surface area contributed by atoms with Gasteiger partial charge in [-0.1, -0.05) is 134 Å². The minimum atomic E-state index is -0.147. The highest BCUT2D eigenvalue weighted by Crippen LogP contribution is 2.45. The Bertz CT molecular complexity index is 2420. The van der Waals surface area contributed by atoms with E-state index in [0.29, 0.717) is 5.92 Å². The second kappa shape index (κ2) is 13.2. The molecule has 4 aromatic carbocycles. The molecule has 5 aromatic rings. The van der Waals surface area contributed by atoms with Gasteiger partial charge in [-0.15, -0.1) is 0 Å². The lowest BCUT2D eigenvalue weighted by Crippen LogP contribution is -2.41. The van der Waals surface area contributed by atoms with E-state index in [4.69, 9.17) is 9.98 Å². The van der Waals surface area contributed by atoms with Gasteiger partial charge in [-0.25, -0.2) is 0 Å². The largest absolute Gasteiger partial charge is 0.285 e. The summed E-state index contributed by atoms with van der Waals surface area (Å²) in [6.07, 6.45) is 27.0. The number of hydrogen-bond acceptors (Lipinski definition) is 3. The van der Waals surface area contributed by atoms with E-state index in [1.165, 1.54) is 71.8 Å². The van der Waals surface area contributed by atoms with E-state index in [2.05, 4.69) is 158 Å². The first-order chi connectivity index (χ1) is 25.2. The standard InChI is InChI=1S/C48H41N3/c1-3-13-40-36(4-2)43(28-34-15-6-8-17-37(34)40)45-30-46(44-29-35-16-7-9-18-38(35)41-20-11-12-21-42(41)44)51-48(50-45)33-24-22-32(23-25-33)47-39-19-10-5-14-31(39)26-27-49-47/h3-22,24,26-29,41-42,45,48,50H,2,23,25,30H2,1H3/b13-3-/t41-,42?,45?,48?/m0/s1. The molecule has 51 heavy (non-hydrogen) atoms. The van der Waals surface area contributed by atoms with Gasteiger partial charge >= 0.3 is 0 Å². The lowest BCUT2D eigenvalue weighted by molar-refractivity contribution is 0.457. The highest BCUT2D eigenvalue weighted by Gasteiger charge is 2.36.